The Kier molecular flexibility index (Phi) is 9.05. The zero-order chi connectivity index (χ0) is 19.9. The molecule has 0 radical (unpaired) electrons. The fourth-order valence-electron chi connectivity index (χ4n) is 4.27. The van der Waals surface area contributed by atoms with Crippen LogP contribution in [0.1, 0.15) is 73.6 Å². The number of ether oxygens (including phenoxy) is 2. The Morgan fingerprint density at radius 1 is 0.852 bits per heavy atom. The van der Waals surface area contributed by atoms with E-state index in [0.717, 1.165) is 51.7 Å². The van der Waals surface area contributed by atoms with E-state index in [1.807, 2.05) is 0 Å². The van der Waals surface area contributed by atoms with E-state index in [4.69, 9.17) is 9.47 Å². The van der Waals surface area contributed by atoms with Crippen molar-refractivity contribution in [3.05, 3.63) is 0 Å². The Morgan fingerprint density at radius 3 is 2.07 bits per heavy atom. The maximum absolute atomic E-state index is 5.92. The fraction of sp³-hybridized carbons (Fsp3) is 1.00. The summed E-state index contributed by atoms with van der Waals surface area (Å²) in [6, 6.07) is 0. The van der Waals surface area contributed by atoms with Gasteiger partial charge in [-0.3, -0.25) is 4.90 Å². The molecule has 160 valence electrons. The molecule has 0 N–H and O–H groups in total. The summed E-state index contributed by atoms with van der Waals surface area (Å²) < 4.78 is 11.7. The normalized spacial score (nSPS) is 21.6. The van der Waals surface area contributed by atoms with Crippen LogP contribution in [0.2, 0.25) is 0 Å². The molecule has 0 amide bonds. The zero-order valence-corrected chi connectivity index (χ0v) is 19.1. The van der Waals surface area contributed by atoms with Crippen LogP contribution < -0.4 is 0 Å². The van der Waals surface area contributed by atoms with E-state index in [9.17, 15) is 0 Å². The van der Waals surface area contributed by atoms with E-state index in [0.29, 0.717) is 11.5 Å². The first-order chi connectivity index (χ1) is 12.6. The van der Waals surface area contributed by atoms with Crippen LogP contribution >= 0.6 is 0 Å². The first-order valence-corrected chi connectivity index (χ1v) is 11.3. The van der Waals surface area contributed by atoms with Crippen LogP contribution in [0.5, 0.6) is 0 Å². The van der Waals surface area contributed by atoms with E-state index in [-0.39, 0.29) is 5.54 Å². The zero-order valence-electron chi connectivity index (χ0n) is 19.1. The van der Waals surface area contributed by atoms with Gasteiger partial charge in [0.15, 0.2) is 0 Å². The molecule has 0 aromatic heterocycles. The molecule has 2 saturated heterocycles. The molecule has 2 fully saturated rings. The average molecular weight is 383 g/mol. The van der Waals surface area contributed by atoms with Crippen molar-refractivity contribution in [1.29, 1.82) is 0 Å². The molecule has 2 aliphatic heterocycles. The maximum atomic E-state index is 5.92. The third-order valence-electron chi connectivity index (χ3n) is 5.95. The number of piperidine rings is 1. The van der Waals surface area contributed by atoms with Crippen molar-refractivity contribution in [2.45, 2.75) is 85.3 Å². The van der Waals surface area contributed by atoms with Gasteiger partial charge in [0.2, 0.25) is 0 Å². The average Bonchev–Trinajstić information content (AvgIpc) is 2.50. The van der Waals surface area contributed by atoms with Crippen LogP contribution in [0.4, 0.5) is 0 Å². The Morgan fingerprint density at radius 2 is 1.48 bits per heavy atom. The van der Waals surface area contributed by atoms with Gasteiger partial charge in [0.25, 0.3) is 0 Å². The molecule has 0 aromatic carbocycles. The molecule has 0 unspecified atom stereocenters. The number of hydrogen-bond acceptors (Lipinski definition) is 4. The molecule has 0 saturated carbocycles. The Balaban J connectivity index is 1.37. The highest BCUT2D eigenvalue weighted by molar-refractivity contribution is 4.89. The minimum Gasteiger partial charge on any atom is -0.381 e. The van der Waals surface area contributed by atoms with Gasteiger partial charge in [-0.2, -0.15) is 0 Å². The van der Waals surface area contributed by atoms with Crippen molar-refractivity contribution in [1.82, 2.24) is 9.80 Å². The molecule has 27 heavy (non-hydrogen) atoms. The lowest BCUT2D eigenvalue weighted by Gasteiger charge is -2.47. The Labute approximate surface area is 169 Å². The fourth-order valence-corrected chi connectivity index (χ4v) is 4.27. The van der Waals surface area contributed by atoms with Gasteiger partial charge >= 0.3 is 0 Å². The van der Waals surface area contributed by atoms with Crippen molar-refractivity contribution < 1.29 is 9.47 Å². The standard InChI is InChI=1S/C23H46N2O2/c1-22(2,3)17-20-9-12-24(13-10-20)11-7-14-26-15-8-16-27-21-18-25(19-21)23(4,5)6/h20-21H,7-19H2,1-6H3. The molecule has 2 rings (SSSR count). The van der Waals surface area contributed by atoms with Crippen molar-refractivity contribution in [3.8, 4) is 0 Å². The maximum Gasteiger partial charge on any atom is 0.0829 e. The lowest BCUT2D eigenvalue weighted by Crippen LogP contribution is -2.59. The third-order valence-corrected chi connectivity index (χ3v) is 5.95. The summed E-state index contributed by atoms with van der Waals surface area (Å²) in [5, 5.41) is 0. The van der Waals surface area contributed by atoms with Gasteiger partial charge in [-0.1, -0.05) is 20.8 Å². The van der Waals surface area contributed by atoms with Crippen LogP contribution in [0, 0.1) is 11.3 Å². The van der Waals surface area contributed by atoms with Crippen molar-refractivity contribution in [2.24, 2.45) is 11.3 Å². The minimum absolute atomic E-state index is 0.283. The molecule has 0 aromatic rings. The predicted octanol–water partition coefficient (Wildman–Crippen LogP) is 4.43. The molecular weight excluding hydrogens is 336 g/mol. The van der Waals surface area contributed by atoms with Crippen LogP contribution in [-0.4, -0.2) is 74.0 Å². The van der Waals surface area contributed by atoms with Gasteiger partial charge in [0.1, 0.15) is 0 Å². The van der Waals surface area contributed by atoms with E-state index in [1.165, 1.54) is 38.9 Å². The highest BCUT2D eigenvalue weighted by Gasteiger charge is 2.34. The molecule has 0 atom stereocenters. The van der Waals surface area contributed by atoms with E-state index < -0.39 is 0 Å². The van der Waals surface area contributed by atoms with Gasteiger partial charge in [-0.25, -0.2) is 0 Å². The Bertz CT molecular complexity index is 400. The molecule has 2 aliphatic rings. The van der Waals surface area contributed by atoms with Gasteiger partial charge in [-0.05, 0) is 77.3 Å². The Hall–Kier alpha value is -0.160. The van der Waals surface area contributed by atoms with Crippen molar-refractivity contribution >= 4 is 0 Å². The second-order valence-electron chi connectivity index (χ2n) is 10.9. The van der Waals surface area contributed by atoms with E-state index in [1.54, 1.807) is 0 Å². The summed E-state index contributed by atoms with van der Waals surface area (Å²) in [6.07, 6.45) is 6.75. The number of nitrogens with zero attached hydrogens (tertiary/aromatic N) is 2. The van der Waals surface area contributed by atoms with Crippen molar-refractivity contribution in [2.75, 3.05) is 52.5 Å². The molecule has 4 nitrogen and oxygen atoms in total. The third kappa shape index (κ3) is 9.25. The van der Waals surface area contributed by atoms with Crippen LogP contribution in [-0.2, 0) is 9.47 Å². The van der Waals surface area contributed by atoms with Gasteiger partial charge in [-0.15, -0.1) is 0 Å². The summed E-state index contributed by atoms with van der Waals surface area (Å²) in [5.74, 6) is 0.934. The molecule has 2 heterocycles. The number of likely N-dealkylation sites (tertiary alicyclic amines) is 2. The second-order valence-corrected chi connectivity index (χ2v) is 10.9. The summed E-state index contributed by atoms with van der Waals surface area (Å²) in [6.45, 7) is 22.4. The van der Waals surface area contributed by atoms with Gasteiger partial charge < -0.3 is 14.4 Å². The highest BCUT2D eigenvalue weighted by Crippen LogP contribution is 2.30. The first kappa shape index (κ1) is 23.1. The predicted molar refractivity (Wildman–Crippen MR) is 114 cm³/mol. The van der Waals surface area contributed by atoms with Gasteiger partial charge in [0, 0.05) is 45.0 Å². The molecular formula is C23H46N2O2. The van der Waals surface area contributed by atoms with E-state index in [2.05, 4.69) is 51.3 Å². The van der Waals surface area contributed by atoms with Crippen LogP contribution in [0.3, 0.4) is 0 Å². The topological polar surface area (TPSA) is 24.9 Å². The lowest BCUT2D eigenvalue weighted by molar-refractivity contribution is -0.0915. The van der Waals surface area contributed by atoms with Gasteiger partial charge in [0.05, 0.1) is 6.10 Å². The summed E-state index contributed by atoms with van der Waals surface area (Å²) in [4.78, 5) is 5.10. The smallest absolute Gasteiger partial charge is 0.0829 e. The molecule has 0 bridgehead atoms. The quantitative estimate of drug-likeness (QED) is 0.522. The molecule has 4 heteroatoms. The van der Waals surface area contributed by atoms with Crippen molar-refractivity contribution in [3.63, 3.8) is 0 Å². The number of hydrogen-bond donors (Lipinski definition) is 0. The first-order valence-electron chi connectivity index (χ1n) is 11.3. The number of rotatable bonds is 10. The molecule has 0 aliphatic carbocycles. The molecule has 0 spiro atoms. The lowest BCUT2D eigenvalue weighted by atomic mass is 9.80. The minimum atomic E-state index is 0.283. The SMILES string of the molecule is CC(C)(C)CC1CCN(CCCOCCCOC2CN(C(C)(C)C)C2)CC1. The summed E-state index contributed by atoms with van der Waals surface area (Å²) in [5.41, 5.74) is 0.764. The van der Waals surface area contributed by atoms with Crippen LogP contribution in [0.25, 0.3) is 0 Å². The largest absolute Gasteiger partial charge is 0.381 e. The van der Waals surface area contributed by atoms with Crippen LogP contribution in [0.15, 0.2) is 0 Å². The highest BCUT2D eigenvalue weighted by atomic mass is 16.5. The van der Waals surface area contributed by atoms with E-state index >= 15 is 0 Å². The second kappa shape index (κ2) is 10.6. The summed E-state index contributed by atoms with van der Waals surface area (Å²) >= 11 is 0. The monoisotopic (exact) mass is 382 g/mol. The summed E-state index contributed by atoms with van der Waals surface area (Å²) in [7, 11) is 0.